The zero-order valence-corrected chi connectivity index (χ0v) is 12.5. The molecule has 2 rings (SSSR count). The van der Waals surface area contributed by atoms with E-state index in [4.69, 9.17) is 5.26 Å². The van der Waals surface area contributed by atoms with Gasteiger partial charge in [0, 0.05) is 4.90 Å². The molecule has 1 aliphatic rings. The van der Waals surface area contributed by atoms with Crippen LogP contribution in [-0.4, -0.2) is 28.2 Å². The maximum atomic E-state index is 12.3. The molecule has 1 N–H and O–H groups in total. The van der Waals surface area contributed by atoms with Crippen LogP contribution in [0.25, 0.3) is 0 Å². The molecule has 2 heterocycles. The van der Waals surface area contributed by atoms with E-state index in [1.165, 1.54) is 18.0 Å². The summed E-state index contributed by atoms with van der Waals surface area (Å²) in [4.78, 5) is 18.7. The number of thioether (sulfide) groups is 1. The number of nitriles is 1. The number of hydrogen-bond acceptors (Lipinski definition) is 6. The number of thiol groups is 1. The normalized spacial score (nSPS) is 21.5. The standard InChI is InChI=1S/C12H14N4OS2/c1-12(2)10(17)16(11(18)15-12)7-4-9(19-3)8(5-13)14-6-7/h4,6,11,15,18H,1-3H3. The van der Waals surface area contributed by atoms with Crippen LogP contribution >= 0.6 is 24.4 Å². The largest absolute Gasteiger partial charge is 0.284 e. The maximum Gasteiger partial charge on any atom is 0.248 e. The van der Waals surface area contributed by atoms with Crippen molar-refractivity contribution in [1.82, 2.24) is 10.3 Å². The van der Waals surface area contributed by atoms with E-state index in [9.17, 15) is 4.79 Å². The van der Waals surface area contributed by atoms with Gasteiger partial charge < -0.3 is 0 Å². The third-order valence-electron chi connectivity index (χ3n) is 2.93. The van der Waals surface area contributed by atoms with E-state index in [1.807, 2.05) is 26.2 Å². The van der Waals surface area contributed by atoms with Crippen LogP contribution in [0.3, 0.4) is 0 Å². The summed E-state index contributed by atoms with van der Waals surface area (Å²) in [5.74, 6) is -0.0638. The Kier molecular flexibility index (Phi) is 3.76. The first-order chi connectivity index (χ1) is 8.90. The summed E-state index contributed by atoms with van der Waals surface area (Å²) < 4.78 is 0. The molecular weight excluding hydrogens is 280 g/mol. The molecule has 1 aromatic heterocycles. The van der Waals surface area contributed by atoms with Crippen LogP contribution in [0.4, 0.5) is 5.69 Å². The average molecular weight is 294 g/mol. The van der Waals surface area contributed by atoms with Crippen molar-refractivity contribution < 1.29 is 4.79 Å². The SMILES string of the molecule is CSc1cc(N2C(=O)C(C)(C)NC2S)cnc1C#N. The second-order valence-corrected chi connectivity index (χ2v) is 6.01. The Hall–Kier alpha value is -1.23. The molecule has 0 aliphatic carbocycles. The predicted molar refractivity (Wildman–Crippen MR) is 78.2 cm³/mol. The Morgan fingerprint density at radius 1 is 1.63 bits per heavy atom. The summed E-state index contributed by atoms with van der Waals surface area (Å²) >= 11 is 5.81. The van der Waals surface area contributed by atoms with Gasteiger partial charge in [-0.05, 0) is 26.2 Å². The van der Waals surface area contributed by atoms with Crippen molar-refractivity contribution in [3.63, 3.8) is 0 Å². The number of hydrogen-bond donors (Lipinski definition) is 2. The smallest absolute Gasteiger partial charge is 0.248 e. The fourth-order valence-electron chi connectivity index (χ4n) is 1.93. The molecule has 1 saturated heterocycles. The van der Waals surface area contributed by atoms with E-state index in [-0.39, 0.29) is 5.91 Å². The van der Waals surface area contributed by atoms with Gasteiger partial charge in [-0.15, -0.1) is 24.4 Å². The number of carbonyl (C=O) groups excluding carboxylic acids is 1. The Morgan fingerprint density at radius 2 is 2.32 bits per heavy atom. The van der Waals surface area contributed by atoms with Gasteiger partial charge in [-0.3, -0.25) is 15.0 Å². The van der Waals surface area contributed by atoms with Crippen LogP contribution in [0.2, 0.25) is 0 Å². The molecule has 19 heavy (non-hydrogen) atoms. The summed E-state index contributed by atoms with van der Waals surface area (Å²) in [6.45, 7) is 3.62. The second kappa shape index (κ2) is 5.04. The number of aromatic nitrogens is 1. The molecule has 7 heteroatoms. The minimum Gasteiger partial charge on any atom is -0.284 e. The van der Waals surface area contributed by atoms with Gasteiger partial charge in [0.05, 0.1) is 17.4 Å². The third kappa shape index (κ3) is 2.43. The lowest BCUT2D eigenvalue weighted by Crippen LogP contribution is -2.40. The van der Waals surface area contributed by atoms with Crippen LogP contribution in [-0.2, 0) is 4.79 Å². The van der Waals surface area contributed by atoms with Crippen LogP contribution < -0.4 is 10.2 Å². The molecule has 1 amide bonds. The van der Waals surface area contributed by atoms with E-state index in [0.717, 1.165) is 4.90 Å². The molecule has 1 unspecified atom stereocenters. The summed E-state index contributed by atoms with van der Waals surface area (Å²) in [5.41, 5.74) is -0.0379. The van der Waals surface area contributed by atoms with E-state index in [2.05, 4.69) is 22.9 Å². The molecule has 0 spiro atoms. The zero-order chi connectivity index (χ0) is 14.2. The summed E-state index contributed by atoms with van der Waals surface area (Å²) in [6, 6.07) is 3.82. The maximum absolute atomic E-state index is 12.3. The highest BCUT2D eigenvalue weighted by molar-refractivity contribution is 7.98. The fraction of sp³-hybridized carbons (Fsp3) is 0.417. The molecule has 1 aromatic rings. The number of anilines is 1. The first-order valence-electron chi connectivity index (χ1n) is 5.64. The van der Waals surface area contributed by atoms with Crippen molar-refractivity contribution >= 4 is 36.0 Å². The van der Waals surface area contributed by atoms with Gasteiger partial charge in [0.25, 0.3) is 0 Å². The predicted octanol–water partition coefficient (Wildman–Crippen LogP) is 1.60. The highest BCUT2D eigenvalue weighted by Crippen LogP contribution is 2.31. The summed E-state index contributed by atoms with van der Waals surface area (Å²) in [6.07, 6.45) is 3.40. The molecule has 0 aromatic carbocycles. The first-order valence-corrected chi connectivity index (χ1v) is 7.38. The van der Waals surface area contributed by atoms with Crippen molar-refractivity contribution in [2.75, 3.05) is 11.2 Å². The third-order valence-corrected chi connectivity index (χ3v) is 4.04. The van der Waals surface area contributed by atoms with Gasteiger partial charge in [-0.1, -0.05) is 0 Å². The number of carbonyl (C=O) groups is 1. The molecule has 100 valence electrons. The van der Waals surface area contributed by atoms with Gasteiger partial charge in [-0.2, -0.15) is 5.26 Å². The second-order valence-electron chi connectivity index (χ2n) is 4.67. The van der Waals surface area contributed by atoms with E-state index in [0.29, 0.717) is 11.4 Å². The highest BCUT2D eigenvalue weighted by atomic mass is 32.2. The van der Waals surface area contributed by atoms with Crippen molar-refractivity contribution in [1.29, 1.82) is 5.26 Å². The van der Waals surface area contributed by atoms with E-state index >= 15 is 0 Å². The lowest BCUT2D eigenvalue weighted by atomic mass is 10.1. The molecule has 1 atom stereocenters. The monoisotopic (exact) mass is 294 g/mol. The van der Waals surface area contributed by atoms with Crippen LogP contribution in [0.5, 0.6) is 0 Å². The van der Waals surface area contributed by atoms with Crippen molar-refractivity contribution in [3.8, 4) is 6.07 Å². The molecule has 1 fully saturated rings. The molecule has 1 aliphatic heterocycles. The Morgan fingerprint density at radius 3 is 2.79 bits per heavy atom. The van der Waals surface area contributed by atoms with Gasteiger partial charge in [-0.25, -0.2) is 4.98 Å². The Balaban J connectivity index is 2.43. The van der Waals surface area contributed by atoms with E-state index in [1.54, 1.807) is 11.0 Å². The van der Waals surface area contributed by atoms with Crippen molar-refractivity contribution in [2.24, 2.45) is 0 Å². The fourth-order valence-corrected chi connectivity index (χ4v) is 3.02. The number of amides is 1. The van der Waals surface area contributed by atoms with Gasteiger partial charge in [0.1, 0.15) is 11.6 Å². The Bertz CT molecular complexity index is 567. The molecule has 0 bridgehead atoms. The minimum absolute atomic E-state index is 0.0638. The molecule has 0 saturated carbocycles. The molecule has 5 nitrogen and oxygen atoms in total. The van der Waals surface area contributed by atoms with Gasteiger partial charge in [0.15, 0.2) is 5.69 Å². The van der Waals surface area contributed by atoms with Gasteiger partial charge >= 0.3 is 0 Å². The zero-order valence-electron chi connectivity index (χ0n) is 10.8. The summed E-state index contributed by atoms with van der Waals surface area (Å²) in [5, 5.41) is 12.1. The minimum atomic E-state index is -0.653. The van der Waals surface area contributed by atoms with Gasteiger partial charge in [0.2, 0.25) is 5.91 Å². The highest BCUT2D eigenvalue weighted by Gasteiger charge is 2.44. The molecular formula is C12H14N4OS2. The number of nitrogens with zero attached hydrogens (tertiary/aromatic N) is 3. The van der Waals surface area contributed by atoms with Crippen LogP contribution in [0, 0.1) is 11.3 Å². The first kappa shape index (κ1) is 14.2. The lowest BCUT2D eigenvalue weighted by molar-refractivity contribution is -0.121. The van der Waals surface area contributed by atoms with Crippen LogP contribution in [0.15, 0.2) is 17.2 Å². The topological polar surface area (TPSA) is 69.0 Å². The lowest BCUT2D eigenvalue weighted by Gasteiger charge is -2.20. The van der Waals surface area contributed by atoms with Crippen LogP contribution in [0.1, 0.15) is 19.5 Å². The molecule has 0 radical (unpaired) electrons. The van der Waals surface area contributed by atoms with Crippen molar-refractivity contribution in [3.05, 3.63) is 18.0 Å². The quantitative estimate of drug-likeness (QED) is 0.640. The number of rotatable bonds is 2. The number of nitrogens with one attached hydrogen (secondary N) is 1. The number of pyridine rings is 1. The summed E-state index contributed by atoms with van der Waals surface area (Å²) in [7, 11) is 0. The Labute approximate surface area is 121 Å². The van der Waals surface area contributed by atoms with E-state index < -0.39 is 11.0 Å². The average Bonchev–Trinajstić information content (AvgIpc) is 2.57. The van der Waals surface area contributed by atoms with Crippen molar-refractivity contribution in [2.45, 2.75) is 29.8 Å².